The van der Waals surface area contributed by atoms with E-state index in [4.69, 9.17) is 9.47 Å². The van der Waals surface area contributed by atoms with Gasteiger partial charge in [-0.15, -0.1) is 0 Å². The predicted octanol–water partition coefficient (Wildman–Crippen LogP) is 2.55. The summed E-state index contributed by atoms with van der Waals surface area (Å²) >= 11 is 0. The van der Waals surface area contributed by atoms with Crippen molar-refractivity contribution in [3.05, 3.63) is 71.8 Å². The Labute approximate surface area is 164 Å². The number of hydrogen-bond acceptors (Lipinski definition) is 5. The van der Waals surface area contributed by atoms with Crippen molar-refractivity contribution in [3.63, 3.8) is 0 Å². The van der Waals surface area contributed by atoms with Gasteiger partial charge < -0.3 is 20.1 Å². The number of benzene rings is 2. The Morgan fingerprint density at radius 2 is 1.07 bits per heavy atom. The zero-order valence-electron chi connectivity index (χ0n) is 15.9. The molecule has 0 unspecified atom stereocenters. The normalized spacial score (nSPS) is 12.4. The van der Waals surface area contributed by atoms with E-state index in [0.717, 1.165) is 11.1 Å². The summed E-state index contributed by atoms with van der Waals surface area (Å²) in [5, 5.41) is 4.89. The Hall–Kier alpha value is -3.35. The van der Waals surface area contributed by atoms with E-state index in [9.17, 15) is 14.4 Å². The second-order valence-electron chi connectivity index (χ2n) is 6.25. The number of esters is 2. The molecule has 0 fully saturated rings. The van der Waals surface area contributed by atoms with Crippen LogP contribution in [-0.4, -0.2) is 30.1 Å². The van der Waals surface area contributed by atoms with Gasteiger partial charge in [0.1, 0.15) is 25.3 Å². The number of carbonyl (C=O) groups excluding carboxylic acids is 3. The molecule has 148 valence electrons. The molecule has 0 aliphatic carbocycles. The molecule has 2 amide bonds. The smallest absolute Gasteiger partial charge is 0.328 e. The number of ether oxygens (including phenoxy) is 2. The first-order valence-corrected chi connectivity index (χ1v) is 8.94. The molecular formula is C21H24N2O5. The predicted molar refractivity (Wildman–Crippen MR) is 103 cm³/mol. The highest BCUT2D eigenvalue weighted by Crippen LogP contribution is 2.03. The SMILES string of the molecule is C[C@H](NC(=O)N[C@@H](C)C(=O)OCc1ccccc1)C(=O)OCc1ccccc1. The molecular weight excluding hydrogens is 360 g/mol. The van der Waals surface area contributed by atoms with Gasteiger partial charge in [0.05, 0.1) is 0 Å². The van der Waals surface area contributed by atoms with Crippen LogP contribution in [0, 0.1) is 0 Å². The molecule has 28 heavy (non-hydrogen) atoms. The molecule has 0 aliphatic heterocycles. The van der Waals surface area contributed by atoms with E-state index in [0.29, 0.717) is 0 Å². The second-order valence-corrected chi connectivity index (χ2v) is 6.25. The van der Waals surface area contributed by atoms with Crippen molar-refractivity contribution in [1.29, 1.82) is 0 Å². The Kier molecular flexibility index (Phi) is 8.02. The van der Waals surface area contributed by atoms with Crippen LogP contribution in [0.25, 0.3) is 0 Å². The van der Waals surface area contributed by atoms with Crippen LogP contribution in [0.3, 0.4) is 0 Å². The summed E-state index contributed by atoms with van der Waals surface area (Å²) < 4.78 is 10.3. The van der Waals surface area contributed by atoms with Crippen molar-refractivity contribution in [2.24, 2.45) is 0 Å². The van der Waals surface area contributed by atoms with Crippen LogP contribution in [0.4, 0.5) is 4.79 Å². The fourth-order valence-electron chi connectivity index (χ4n) is 2.26. The molecule has 7 nitrogen and oxygen atoms in total. The minimum Gasteiger partial charge on any atom is -0.459 e. The van der Waals surface area contributed by atoms with Gasteiger partial charge in [-0.25, -0.2) is 14.4 Å². The first-order chi connectivity index (χ1) is 13.5. The number of rotatable bonds is 8. The highest BCUT2D eigenvalue weighted by molar-refractivity contribution is 5.86. The Bertz CT molecular complexity index is 714. The lowest BCUT2D eigenvalue weighted by molar-refractivity contribution is -0.147. The number of nitrogens with one attached hydrogen (secondary N) is 2. The first kappa shape index (κ1) is 21.0. The summed E-state index contributed by atoms with van der Waals surface area (Å²) in [4.78, 5) is 35.9. The molecule has 2 aromatic carbocycles. The maximum Gasteiger partial charge on any atom is 0.328 e. The lowest BCUT2D eigenvalue weighted by Crippen LogP contribution is -2.49. The fourth-order valence-corrected chi connectivity index (χ4v) is 2.26. The van der Waals surface area contributed by atoms with Crippen molar-refractivity contribution >= 4 is 18.0 Å². The molecule has 0 aliphatic rings. The molecule has 0 saturated heterocycles. The molecule has 0 bridgehead atoms. The molecule has 2 atom stereocenters. The molecule has 0 aromatic heterocycles. The summed E-state index contributed by atoms with van der Waals surface area (Å²) in [6.07, 6.45) is 0. The van der Waals surface area contributed by atoms with Crippen molar-refractivity contribution in [2.45, 2.75) is 39.1 Å². The lowest BCUT2D eigenvalue weighted by Gasteiger charge is -2.17. The van der Waals surface area contributed by atoms with E-state index in [2.05, 4.69) is 10.6 Å². The third-order valence-corrected chi connectivity index (χ3v) is 3.85. The van der Waals surface area contributed by atoms with E-state index in [1.807, 2.05) is 60.7 Å². The quantitative estimate of drug-likeness (QED) is 0.682. The average Bonchev–Trinajstić information content (AvgIpc) is 2.71. The molecule has 0 radical (unpaired) electrons. The van der Waals surface area contributed by atoms with Gasteiger partial charge in [0, 0.05) is 0 Å². The second kappa shape index (κ2) is 10.7. The maximum atomic E-state index is 12.0. The molecule has 2 aromatic rings. The molecule has 0 saturated carbocycles. The third-order valence-electron chi connectivity index (χ3n) is 3.85. The minimum absolute atomic E-state index is 0.121. The van der Waals surface area contributed by atoms with E-state index in [1.165, 1.54) is 13.8 Å². The molecule has 2 N–H and O–H groups in total. The van der Waals surface area contributed by atoms with Crippen molar-refractivity contribution in [2.75, 3.05) is 0 Å². The van der Waals surface area contributed by atoms with Crippen molar-refractivity contribution < 1.29 is 23.9 Å². The fraction of sp³-hybridized carbons (Fsp3) is 0.286. The van der Waals surface area contributed by atoms with E-state index < -0.39 is 30.1 Å². The molecule has 2 rings (SSSR count). The average molecular weight is 384 g/mol. The van der Waals surface area contributed by atoms with Crippen molar-refractivity contribution in [1.82, 2.24) is 10.6 Å². The van der Waals surface area contributed by atoms with Crippen LogP contribution in [0.5, 0.6) is 0 Å². The summed E-state index contributed by atoms with van der Waals surface area (Å²) in [6, 6.07) is 16.1. The van der Waals surface area contributed by atoms with Gasteiger partial charge in [-0.3, -0.25) is 0 Å². The lowest BCUT2D eigenvalue weighted by atomic mass is 10.2. The van der Waals surface area contributed by atoms with Gasteiger partial charge in [0.15, 0.2) is 0 Å². The summed E-state index contributed by atoms with van der Waals surface area (Å²) in [6.45, 7) is 3.25. The van der Waals surface area contributed by atoms with Crippen LogP contribution in [0.15, 0.2) is 60.7 Å². The van der Waals surface area contributed by atoms with Gasteiger partial charge >= 0.3 is 18.0 Å². The largest absolute Gasteiger partial charge is 0.459 e. The summed E-state index contributed by atoms with van der Waals surface area (Å²) in [7, 11) is 0. The minimum atomic E-state index is -0.865. The van der Waals surface area contributed by atoms with Gasteiger partial charge in [-0.1, -0.05) is 60.7 Å². The molecule has 0 heterocycles. The van der Waals surface area contributed by atoms with Gasteiger partial charge in [0.25, 0.3) is 0 Å². The Balaban J connectivity index is 1.70. The van der Waals surface area contributed by atoms with E-state index in [-0.39, 0.29) is 13.2 Å². The zero-order valence-corrected chi connectivity index (χ0v) is 15.9. The first-order valence-electron chi connectivity index (χ1n) is 8.94. The van der Waals surface area contributed by atoms with E-state index >= 15 is 0 Å². The number of urea groups is 1. The highest BCUT2D eigenvalue weighted by atomic mass is 16.5. The molecule has 0 spiro atoms. The molecule has 7 heteroatoms. The summed E-state index contributed by atoms with van der Waals surface area (Å²) in [5.41, 5.74) is 1.70. The monoisotopic (exact) mass is 384 g/mol. The highest BCUT2D eigenvalue weighted by Gasteiger charge is 2.21. The van der Waals surface area contributed by atoms with Crippen LogP contribution in [0.2, 0.25) is 0 Å². The van der Waals surface area contributed by atoms with Crippen LogP contribution in [-0.2, 0) is 32.3 Å². The Morgan fingerprint density at radius 1 is 0.714 bits per heavy atom. The van der Waals surface area contributed by atoms with Gasteiger partial charge in [0.2, 0.25) is 0 Å². The van der Waals surface area contributed by atoms with Crippen LogP contribution >= 0.6 is 0 Å². The summed E-state index contributed by atoms with van der Waals surface area (Å²) in [5.74, 6) is -1.14. The standard InChI is InChI=1S/C21H24N2O5/c1-15(19(24)27-13-17-9-5-3-6-10-17)22-21(26)23-16(2)20(25)28-14-18-11-7-4-8-12-18/h3-12,15-16H,13-14H2,1-2H3,(H2,22,23,26)/t15-,16-/m0/s1. The van der Waals surface area contributed by atoms with Crippen LogP contribution < -0.4 is 10.6 Å². The maximum absolute atomic E-state index is 12.0. The van der Waals surface area contributed by atoms with Gasteiger partial charge in [-0.2, -0.15) is 0 Å². The Morgan fingerprint density at radius 3 is 1.43 bits per heavy atom. The van der Waals surface area contributed by atoms with Crippen molar-refractivity contribution in [3.8, 4) is 0 Å². The third kappa shape index (κ3) is 7.11. The zero-order chi connectivity index (χ0) is 20.4. The van der Waals surface area contributed by atoms with Crippen LogP contribution in [0.1, 0.15) is 25.0 Å². The van der Waals surface area contributed by atoms with Gasteiger partial charge in [-0.05, 0) is 25.0 Å². The topological polar surface area (TPSA) is 93.7 Å². The number of carbonyl (C=O) groups is 3. The number of amides is 2. The number of hydrogen-bond donors (Lipinski definition) is 2. The van der Waals surface area contributed by atoms with E-state index in [1.54, 1.807) is 0 Å².